The van der Waals surface area contributed by atoms with E-state index in [0.717, 1.165) is 15.8 Å². The van der Waals surface area contributed by atoms with Crippen LogP contribution in [0.5, 0.6) is 0 Å². The Balaban J connectivity index is 0.00000320. The average molecular weight is 468 g/mol. The molecule has 1 amide bonds. The standard InChI is InChI=1S/C21H22ClN3O3S.ClH/c1-13-9-10-16(22)18-17(13)23-21(29-18)25(12-11-24(2)3)19(26)14-7-5-6-8-15(14)20(27)28-4;/h5-10H,11-12H2,1-4H3;1H. The molecule has 1 aromatic heterocycles. The van der Waals surface area contributed by atoms with E-state index < -0.39 is 5.97 Å². The summed E-state index contributed by atoms with van der Waals surface area (Å²) < 4.78 is 5.68. The minimum atomic E-state index is -0.551. The van der Waals surface area contributed by atoms with Gasteiger partial charge in [-0.25, -0.2) is 9.78 Å². The second-order valence-electron chi connectivity index (χ2n) is 6.84. The smallest absolute Gasteiger partial charge is 0.338 e. The Morgan fingerprint density at radius 3 is 2.37 bits per heavy atom. The third kappa shape index (κ3) is 4.92. The number of esters is 1. The zero-order valence-corrected chi connectivity index (χ0v) is 19.5. The first-order valence-corrected chi connectivity index (χ1v) is 10.2. The number of fused-ring (bicyclic) bond motifs is 1. The molecule has 9 heteroatoms. The summed E-state index contributed by atoms with van der Waals surface area (Å²) in [7, 11) is 5.17. The van der Waals surface area contributed by atoms with Crippen LogP contribution in [0.15, 0.2) is 36.4 Å². The van der Waals surface area contributed by atoms with Crippen molar-refractivity contribution in [2.24, 2.45) is 0 Å². The molecule has 0 unspecified atom stereocenters. The molecule has 160 valence electrons. The summed E-state index contributed by atoms with van der Waals surface area (Å²) in [5.41, 5.74) is 2.27. The van der Waals surface area contributed by atoms with Crippen LogP contribution in [0.1, 0.15) is 26.3 Å². The van der Waals surface area contributed by atoms with Crippen molar-refractivity contribution in [1.82, 2.24) is 9.88 Å². The number of carbonyl (C=O) groups is 2. The summed E-state index contributed by atoms with van der Waals surface area (Å²) in [6.45, 7) is 3.01. The first-order valence-electron chi connectivity index (χ1n) is 9.03. The van der Waals surface area contributed by atoms with Gasteiger partial charge in [0.25, 0.3) is 5.91 Å². The molecule has 2 aromatic carbocycles. The summed E-state index contributed by atoms with van der Waals surface area (Å²) >= 11 is 7.72. The Morgan fingerprint density at radius 2 is 1.77 bits per heavy atom. The molecule has 0 aliphatic rings. The fourth-order valence-corrected chi connectivity index (χ4v) is 4.23. The van der Waals surface area contributed by atoms with Crippen LogP contribution in [0, 0.1) is 6.92 Å². The van der Waals surface area contributed by atoms with E-state index in [1.807, 2.05) is 38.1 Å². The lowest BCUT2D eigenvalue weighted by Crippen LogP contribution is -2.37. The van der Waals surface area contributed by atoms with E-state index in [1.165, 1.54) is 18.4 Å². The monoisotopic (exact) mass is 467 g/mol. The minimum Gasteiger partial charge on any atom is -0.465 e. The molecule has 0 atom stereocenters. The topological polar surface area (TPSA) is 62.7 Å². The maximum atomic E-state index is 13.5. The van der Waals surface area contributed by atoms with Gasteiger partial charge in [0.1, 0.15) is 0 Å². The summed E-state index contributed by atoms with van der Waals surface area (Å²) in [6.07, 6.45) is 0. The van der Waals surface area contributed by atoms with Crippen molar-refractivity contribution in [3.05, 3.63) is 58.1 Å². The fourth-order valence-electron chi connectivity index (χ4n) is 2.89. The minimum absolute atomic E-state index is 0. The molecular formula is C21H23Cl2N3O3S. The highest BCUT2D eigenvalue weighted by atomic mass is 35.5. The van der Waals surface area contributed by atoms with Crippen LogP contribution in [0.2, 0.25) is 5.02 Å². The second-order valence-corrected chi connectivity index (χ2v) is 8.22. The number of hydrogen-bond donors (Lipinski definition) is 0. The predicted molar refractivity (Wildman–Crippen MR) is 125 cm³/mol. The van der Waals surface area contributed by atoms with Crippen molar-refractivity contribution in [2.45, 2.75) is 6.92 Å². The molecule has 0 bridgehead atoms. The van der Waals surface area contributed by atoms with Crippen LogP contribution >= 0.6 is 35.3 Å². The third-order valence-electron chi connectivity index (χ3n) is 4.50. The molecule has 0 aliphatic carbocycles. The van der Waals surface area contributed by atoms with E-state index in [-0.39, 0.29) is 29.4 Å². The van der Waals surface area contributed by atoms with E-state index in [0.29, 0.717) is 23.2 Å². The maximum absolute atomic E-state index is 13.5. The Morgan fingerprint density at radius 1 is 1.10 bits per heavy atom. The Labute approximate surface area is 190 Å². The average Bonchev–Trinajstić information content (AvgIpc) is 3.16. The number of benzene rings is 2. The molecular weight excluding hydrogens is 445 g/mol. The SMILES string of the molecule is COC(=O)c1ccccc1C(=O)N(CCN(C)C)c1nc2c(C)ccc(Cl)c2s1.Cl. The lowest BCUT2D eigenvalue weighted by Gasteiger charge is -2.22. The lowest BCUT2D eigenvalue weighted by molar-refractivity contribution is 0.0597. The number of hydrogen-bond acceptors (Lipinski definition) is 6. The number of thiazole rings is 1. The first kappa shape index (κ1) is 24.1. The van der Waals surface area contributed by atoms with Crippen LogP contribution in [-0.2, 0) is 4.74 Å². The Kier molecular flexibility index (Phi) is 8.20. The number of likely N-dealkylation sites (N-methyl/N-ethyl adjacent to an activating group) is 1. The van der Waals surface area contributed by atoms with E-state index >= 15 is 0 Å². The normalized spacial score (nSPS) is 10.7. The van der Waals surface area contributed by atoms with Gasteiger partial charge in [0.2, 0.25) is 0 Å². The van der Waals surface area contributed by atoms with Gasteiger partial charge < -0.3 is 9.64 Å². The van der Waals surface area contributed by atoms with Crippen molar-refractivity contribution in [1.29, 1.82) is 0 Å². The van der Waals surface area contributed by atoms with Crippen molar-refractivity contribution in [3.63, 3.8) is 0 Å². The predicted octanol–water partition coefficient (Wildman–Crippen LogP) is 4.67. The maximum Gasteiger partial charge on any atom is 0.338 e. The number of amides is 1. The van der Waals surface area contributed by atoms with Gasteiger partial charge >= 0.3 is 5.97 Å². The second kappa shape index (κ2) is 10.2. The van der Waals surface area contributed by atoms with Gasteiger partial charge in [0, 0.05) is 13.1 Å². The molecule has 0 saturated heterocycles. The number of halogens is 2. The third-order valence-corrected chi connectivity index (χ3v) is 6.03. The zero-order chi connectivity index (χ0) is 21.1. The highest BCUT2D eigenvalue weighted by Gasteiger charge is 2.26. The molecule has 0 radical (unpaired) electrons. The summed E-state index contributed by atoms with van der Waals surface area (Å²) in [4.78, 5) is 33.9. The highest BCUT2D eigenvalue weighted by Crippen LogP contribution is 2.36. The summed E-state index contributed by atoms with van der Waals surface area (Å²) in [5.74, 6) is -0.856. The number of methoxy groups -OCH3 is 1. The van der Waals surface area contributed by atoms with Crippen LogP contribution in [0.25, 0.3) is 10.2 Å². The van der Waals surface area contributed by atoms with Crippen molar-refractivity contribution in [3.8, 4) is 0 Å². The zero-order valence-electron chi connectivity index (χ0n) is 17.1. The van der Waals surface area contributed by atoms with Crippen molar-refractivity contribution >= 4 is 62.6 Å². The molecule has 0 fully saturated rings. The first-order chi connectivity index (χ1) is 13.8. The number of aromatic nitrogens is 1. The van der Waals surface area contributed by atoms with Gasteiger partial charge in [0.15, 0.2) is 5.13 Å². The number of nitrogens with zero attached hydrogens (tertiary/aromatic N) is 3. The van der Waals surface area contributed by atoms with Crippen LogP contribution < -0.4 is 4.90 Å². The molecule has 3 aromatic rings. The van der Waals surface area contributed by atoms with Crippen LogP contribution in [0.3, 0.4) is 0 Å². The largest absolute Gasteiger partial charge is 0.465 e. The van der Waals surface area contributed by atoms with Gasteiger partial charge in [0.05, 0.1) is 33.5 Å². The molecule has 0 N–H and O–H groups in total. The molecule has 0 saturated carbocycles. The number of rotatable bonds is 6. The number of anilines is 1. The number of aryl methyl sites for hydroxylation is 1. The van der Waals surface area contributed by atoms with Crippen LogP contribution in [-0.4, -0.2) is 56.1 Å². The molecule has 30 heavy (non-hydrogen) atoms. The van der Waals surface area contributed by atoms with Gasteiger partial charge in [-0.05, 0) is 44.8 Å². The van der Waals surface area contributed by atoms with Gasteiger partial charge in [-0.2, -0.15) is 0 Å². The van der Waals surface area contributed by atoms with Gasteiger partial charge in [-0.3, -0.25) is 9.69 Å². The molecule has 6 nitrogen and oxygen atoms in total. The van der Waals surface area contributed by atoms with E-state index in [2.05, 4.69) is 0 Å². The van der Waals surface area contributed by atoms with E-state index in [4.69, 9.17) is 21.3 Å². The summed E-state index contributed by atoms with van der Waals surface area (Å²) in [6, 6.07) is 10.4. The van der Waals surface area contributed by atoms with Gasteiger partial charge in [-0.1, -0.05) is 41.1 Å². The Hall–Kier alpha value is -2.19. The lowest BCUT2D eigenvalue weighted by atomic mass is 10.1. The molecule has 1 heterocycles. The Bertz CT molecular complexity index is 1030. The van der Waals surface area contributed by atoms with Crippen molar-refractivity contribution in [2.75, 3.05) is 39.2 Å². The summed E-state index contributed by atoms with van der Waals surface area (Å²) in [5, 5.41) is 1.15. The quantitative estimate of drug-likeness (QED) is 0.492. The number of ether oxygens (including phenoxy) is 1. The van der Waals surface area contributed by atoms with E-state index in [1.54, 1.807) is 29.2 Å². The number of carbonyl (C=O) groups excluding carboxylic acids is 2. The molecule has 0 spiro atoms. The van der Waals surface area contributed by atoms with Crippen molar-refractivity contribution < 1.29 is 14.3 Å². The highest BCUT2D eigenvalue weighted by molar-refractivity contribution is 7.23. The molecule has 3 rings (SSSR count). The molecule has 0 aliphatic heterocycles. The fraction of sp³-hybridized carbons (Fsp3) is 0.286. The van der Waals surface area contributed by atoms with Crippen LogP contribution in [0.4, 0.5) is 5.13 Å². The van der Waals surface area contributed by atoms with Gasteiger partial charge in [-0.15, -0.1) is 12.4 Å². The van der Waals surface area contributed by atoms with E-state index in [9.17, 15) is 9.59 Å².